The second-order valence-corrected chi connectivity index (χ2v) is 11.3. The van der Waals surface area contributed by atoms with Crippen LogP contribution in [-0.2, 0) is 41.6 Å². The number of guanidine groups is 1. The van der Waals surface area contributed by atoms with Crippen molar-refractivity contribution in [3.8, 4) is 0 Å². The molecule has 15 heteroatoms. The fourth-order valence-corrected chi connectivity index (χ4v) is 4.64. The van der Waals surface area contributed by atoms with E-state index in [1.165, 1.54) is 6.92 Å². The molecule has 11 N–H and O–H groups in total. The lowest BCUT2D eigenvalue weighted by atomic mass is 10.0. The van der Waals surface area contributed by atoms with Crippen LogP contribution in [0.25, 0.3) is 0 Å². The molecule has 2 rings (SSSR count). The molecule has 0 spiro atoms. The van der Waals surface area contributed by atoms with Crippen LogP contribution in [0.4, 0.5) is 0 Å². The lowest BCUT2D eigenvalue weighted by molar-refractivity contribution is -0.134. The third-order valence-corrected chi connectivity index (χ3v) is 6.98. The standard InChI is InChI=1S/C32H46N8O5.C2H4O2/c1-3-4-16-24(39-31(45)27(37-21(2)41)20-23-14-9-6-10-15-23)29(43)38-25(17-11-18-36-32(34)35)30(44)40-26(28(33)42)19-22-12-7-5-8-13-22;1-2(3)4/h5-10,12-15,24-27H,3-4,11,16-20H2,1-2H3,(H2,33,42)(H,37,41)(H,38,43)(H,39,45)(H,40,44)(H4,34,35,36);1H3,(H,3,4)/t24-,25-,26-,27-;/m0./s1. The van der Waals surface area contributed by atoms with Crippen LogP contribution in [0.15, 0.2) is 65.7 Å². The van der Waals surface area contributed by atoms with Crippen LogP contribution in [0, 0.1) is 0 Å². The number of nitrogens with one attached hydrogen (secondary N) is 4. The summed E-state index contributed by atoms with van der Waals surface area (Å²) in [6, 6.07) is 14.2. The van der Waals surface area contributed by atoms with E-state index >= 15 is 0 Å². The van der Waals surface area contributed by atoms with Gasteiger partial charge in [-0.15, -0.1) is 0 Å². The summed E-state index contributed by atoms with van der Waals surface area (Å²) in [4.78, 5) is 77.5. The van der Waals surface area contributed by atoms with Crippen LogP contribution < -0.4 is 38.5 Å². The summed E-state index contributed by atoms with van der Waals surface area (Å²) in [5.74, 6) is -3.79. The monoisotopic (exact) mass is 682 g/mol. The van der Waals surface area contributed by atoms with Crippen LogP contribution >= 0.6 is 0 Å². The van der Waals surface area contributed by atoms with Crippen molar-refractivity contribution in [2.75, 3.05) is 6.54 Å². The molecular formula is C34H50N8O7. The third-order valence-electron chi connectivity index (χ3n) is 6.98. The van der Waals surface area contributed by atoms with E-state index in [1.807, 2.05) is 67.6 Å². The van der Waals surface area contributed by atoms with Gasteiger partial charge in [-0.25, -0.2) is 0 Å². The number of rotatable bonds is 19. The molecule has 0 aliphatic heterocycles. The average molecular weight is 683 g/mol. The number of nitrogens with two attached hydrogens (primary N) is 3. The molecule has 15 nitrogen and oxygen atoms in total. The van der Waals surface area contributed by atoms with E-state index in [4.69, 9.17) is 27.1 Å². The van der Waals surface area contributed by atoms with Crippen LogP contribution in [0.1, 0.15) is 64.0 Å². The van der Waals surface area contributed by atoms with Crippen LogP contribution in [-0.4, -0.2) is 77.3 Å². The number of nitrogens with zero attached hydrogens (tertiary/aromatic N) is 1. The van der Waals surface area contributed by atoms with Crippen molar-refractivity contribution in [3.05, 3.63) is 71.8 Å². The zero-order valence-corrected chi connectivity index (χ0v) is 28.3. The van der Waals surface area contributed by atoms with Crippen molar-refractivity contribution in [3.63, 3.8) is 0 Å². The van der Waals surface area contributed by atoms with Crippen LogP contribution in [0.2, 0.25) is 0 Å². The largest absolute Gasteiger partial charge is 0.481 e. The summed E-state index contributed by atoms with van der Waals surface area (Å²) in [7, 11) is 0. The number of carboxylic acid groups (broad SMARTS) is 1. The highest BCUT2D eigenvalue weighted by atomic mass is 16.4. The van der Waals surface area contributed by atoms with E-state index < -0.39 is 59.7 Å². The van der Waals surface area contributed by atoms with Gasteiger partial charge in [-0.1, -0.05) is 80.4 Å². The predicted molar refractivity (Wildman–Crippen MR) is 186 cm³/mol. The van der Waals surface area contributed by atoms with Gasteiger partial charge >= 0.3 is 0 Å². The van der Waals surface area contributed by atoms with Gasteiger partial charge in [-0.05, 0) is 30.4 Å². The van der Waals surface area contributed by atoms with E-state index in [2.05, 4.69) is 26.3 Å². The molecule has 0 aliphatic carbocycles. The minimum atomic E-state index is -1.08. The molecule has 49 heavy (non-hydrogen) atoms. The zero-order valence-electron chi connectivity index (χ0n) is 28.3. The fraction of sp³-hybridized carbons (Fsp3) is 0.441. The van der Waals surface area contributed by atoms with Crippen LogP contribution in [0.3, 0.4) is 0 Å². The fourth-order valence-electron chi connectivity index (χ4n) is 4.64. The Morgan fingerprint density at radius 2 is 1.06 bits per heavy atom. The summed E-state index contributed by atoms with van der Waals surface area (Å²) < 4.78 is 0. The Labute approximate surface area is 286 Å². The van der Waals surface area contributed by atoms with E-state index in [0.717, 1.165) is 24.5 Å². The Bertz CT molecular complexity index is 1380. The molecule has 0 bridgehead atoms. The van der Waals surface area contributed by atoms with Gasteiger partial charge in [0.2, 0.25) is 29.5 Å². The zero-order chi connectivity index (χ0) is 36.8. The molecule has 0 aromatic heterocycles. The molecular weight excluding hydrogens is 632 g/mol. The smallest absolute Gasteiger partial charge is 0.300 e. The number of carboxylic acids is 1. The molecule has 268 valence electrons. The highest BCUT2D eigenvalue weighted by Gasteiger charge is 2.30. The number of amides is 5. The molecule has 2 aromatic rings. The van der Waals surface area contributed by atoms with Crippen molar-refractivity contribution in [1.29, 1.82) is 0 Å². The van der Waals surface area contributed by atoms with Crippen molar-refractivity contribution in [2.45, 2.75) is 89.9 Å². The third kappa shape index (κ3) is 18.5. The number of aliphatic imine (C=N–C) groups is 1. The summed E-state index contributed by atoms with van der Waals surface area (Å²) in [5, 5.41) is 18.2. The Morgan fingerprint density at radius 1 is 0.653 bits per heavy atom. The molecule has 0 saturated carbocycles. The number of hydrogen-bond acceptors (Lipinski definition) is 7. The summed E-state index contributed by atoms with van der Waals surface area (Å²) in [6.07, 6.45) is 2.53. The predicted octanol–water partition coefficient (Wildman–Crippen LogP) is 0.251. The Kier molecular flexibility index (Phi) is 19.5. The van der Waals surface area contributed by atoms with Gasteiger partial charge in [0.15, 0.2) is 5.96 Å². The minimum Gasteiger partial charge on any atom is -0.481 e. The summed E-state index contributed by atoms with van der Waals surface area (Å²) in [6.45, 7) is 4.55. The minimum absolute atomic E-state index is 0.108. The maximum absolute atomic E-state index is 13.6. The quantitative estimate of drug-likeness (QED) is 0.0573. The Hall–Kier alpha value is -5.47. The number of benzene rings is 2. The number of carbonyl (C=O) groups is 6. The topological polar surface area (TPSA) is 261 Å². The molecule has 0 saturated heterocycles. The van der Waals surface area contributed by atoms with Crippen molar-refractivity contribution >= 4 is 41.5 Å². The van der Waals surface area contributed by atoms with Gasteiger partial charge in [0.25, 0.3) is 5.97 Å². The lowest BCUT2D eigenvalue weighted by Gasteiger charge is -2.26. The Balaban J connectivity index is 0.00000283. The first-order chi connectivity index (χ1) is 23.2. The molecule has 0 heterocycles. The van der Waals surface area contributed by atoms with Crippen molar-refractivity contribution in [1.82, 2.24) is 21.3 Å². The maximum Gasteiger partial charge on any atom is 0.300 e. The summed E-state index contributed by atoms with van der Waals surface area (Å²) >= 11 is 0. The molecule has 5 amide bonds. The second-order valence-electron chi connectivity index (χ2n) is 11.3. The van der Waals surface area contributed by atoms with Crippen molar-refractivity contribution < 1.29 is 33.9 Å². The number of hydrogen-bond donors (Lipinski definition) is 8. The number of unbranched alkanes of at least 4 members (excludes halogenated alkanes) is 1. The van der Waals surface area contributed by atoms with Gasteiger partial charge in [-0.3, -0.25) is 33.8 Å². The van der Waals surface area contributed by atoms with Gasteiger partial charge in [-0.2, -0.15) is 0 Å². The molecule has 4 atom stereocenters. The number of aliphatic carboxylic acids is 1. The molecule has 0 fully saturated rings. The second kappa shape index (κ2) is 23.0. The van der Waals surface area contributed by atoms with Crippen molar-refractivity contribution in [2.24, 2.45) is 22.2 Å². The highest BCUT2D eigenvalue weighted by Crippen LogP contribution is 2.09. The molecule has 0 aliphatic rings. The van der Waals surface area contributed by atoms with E-state index in [9.17, 15) is 24.0 Å². The van der Waals surface area contributed by atoms with E-state index in [0.29, 0.717) is 19.3 Å². The average Bonchev–Trinajstić information content (AvgIpc) is 3.03. The Morgan fingerprint density at radius 3 is 1.47 bits per heavy atom. The molecule has 0 radical (unpaired) electrons. The molecule has 0 unspecified atom stereocenters. The SMILES string of the molecule is CC(=O)O.CCCC[C@H](NC(=O)[C@H](Cc1ccccc1)NC(C)=O)C(=O)N[C@@H](CCCN=C(N)N)C(=O)N[C@@H](Cc1ccccc1)C(N)=O. The van der Waals surface area contributed by atoms with E-state index in [1.54, 1.807) is 0 Å². The first-order valence-electron chi connectivity index (χ1n) is 16.0. The lowest BCUT2D eigenvalue weighted by Crippen LogP contribution is -2.58. The van der Waals surface area contributed by atoms with Gasteiger partial charge in [0.05, 0.1) is 0 Å². The van der Waals surface area contributed by atoms with Gasteiger partial charge in [0.1, 0.15) is 24.2 Å². The summed E-state index contributed by atoms with van der Waals surface area (Å²) in [5.41, 5.74) is 18.1. The van der Waals surface area contributed by atoms with Gasteiger partial charge < -0.3 is 43.6 Å². The first kappa shape index (κ1) is 41.6. The maximum atomic E-state index is 13.6. The normalized spacial score (nSPS) is 12.7. The van der Waals surface area contributed by atoms with Gasteiger partial charge in [0, 0.05) is 33.2 Å². The van der Waals surface area contributed by atoms with Crippen LogP contribution in [0.5, 0.6) is 0 Å². The highest BCUT2D eigenvalue weighted by molar-refractivity contribution is 5.95. The number of primary amides is 1. The van der Waals surface area contributed by atoms with E-state index in [-0.39, 0.29) is 31.8 Å². The first-order valence-corrected chi connectivity index (χ1v) is 16.0. The molecule has 2 aromatic carbocycles. The number of carbonyl (C=O) groups excluding carboxylic acids is 5.